The number of hydrogen-bond acceptors (Lipinski definition) is 5. The number of aryl methyl sites for hydroxylation is 1. The minimum Gasteiger partial charge on any atom is -0.494 e. The zero-order valence-corrected chi connectivity index (χ0v) is 14.6. The Balaban J connectivity index is 2.49. The Morgan fingerprint density at radius 2 is 2.00 bits per heavy atom. The average Bonchev–Trinajstić information content (AvgIpc) is 2.60. The van der Waals surface area contributed by atoms with E-state index in [1.165, 1.54) is 10.8 Å². The second kappa shape index (κ2) is 8.27. The first-order valence-electron chi connectivity index (χ1n) is 7.95. The zero-order valence-electron chi connectivity index (χ0n) is 14.6. The van der Waals surface area contributed by atoms with E-state index in [0.29, 0.717) is 24.2 Å². The van der Waals surface area contributed by atoms with Gasteiger partial charge in [-0.25, -0.2) is 0 Å². The fourth-order valence-corrected chi connectivity index (χ4v) is 2.47. The Morgan fingerprint density at radius 1 is 1.32 bits per heavy atom. The number of methoxy groups -OCH3 is 1. The van der Waals surface area contributed by atoms with E-state index in [2.05, 4.69) is 4.99 Å². The Hall–Kier alpha value is -2.91. The van der Waals surface area contributed by atoms with Crippen molar-refractivity contribution in [1.82, 2.24) is 4.57 Å². The summed E-state index contributed by atoms with van der Waals surface area (Å²) in [5.41, 5.74) is 2.15. The molecule has 1 aromatic carbocycles. The van der Waals surface area contributed by atoms with Gasteiger partial charge in [-0.05, 0) is 38.0 Å². The Morgan fingerprint density at radius 3 is 2.60 bits per heavy atom. The molecule has 0 aliphatic rings. The van der Waals surface area contributed by atoms with E-state index in [9.17, 15) is 15.2 Å². The Bertz CT molecular complexity index is 875. The van der Waals surface area contributed by atoms with Crippen molar-refractivity contribution in [2.24, 2.45) is 4.99 Å². The summed E-state index contributed by atoms with van der Waals surface area (Å²) in [4.78, 5) is 16.7. The normalized spacial score (nSPS) is 11.0. The van der Waals surface area contributed by atoms with Gasteiger partial charge in [-0.15, -0.1) is 0 Å². The second-order valence-electron chi connectivity index (χ2n) is 5.75. The van der Waals surface area contributed by atoms with Gasteiger partial charge in [-0.2, -0.15) is 5.26 Å². The van der Waals surface area contributed by atoms with Crippen LogP contribution in [-0.4, -0.2) is 29.6 Å². The molecule has 25 heavy (non-hydrogen) atoms. The molecular weight excluding hydrogens is 318 g/mol. The summed E-state index contributed by atoms with van der Waals surface area (Å²) in [5, 5.41) is 19.8. The highest BCUT2D eigenvalue weighted by molar-refractivity contribution is 5.87. The standard InChI is InChI=1S/C19H21N3O3/c1-13-5-7-15(8-6-13)21-12-17-14(2)16(11-20)18(23)22(19(17)24)9-4-10-25-3/h5-8,12,24H,4,9-10H2,1-3H3. The number of pyridine rings is 1. The van der Waals surface area contributed by atoms with Crippen molar-refractivity contribution in [3.63, 3.8) is 0 Å². The van der Waals surface area contributed by atoms with Crippen molar-refractivity contribution < 1.29 is 9.84 Å². The molecule has 0 bridgehead atoms. The summed E-state index contributed by atoms with van der Waals surface area (Å²) in [5.74, 6) is -0.187. The lowest BCUT2D eigenvalue weighted by atomic mass is 10.1. The average molecular weight is 339 g/mol. The summed E-state index contributed by atoms with van der Waals surface area (Å²) >= 11 is 0. The molecule has 0 aliphatic heterocycles. The van der Waals surface area contributed by atoms with Gasteiger partial charge in [0.05, 0.1) is 11.3 Å². The van der Waals surface area contributed by atoms with Crippen LogP contribution in [0.1, 0.15) is 28.7 Å². The lowest BCUT2D eigenvalue weighted by Gasteiger charge is -2.13. The number of aromatic hydroxyl groups is 1. The molecule has 0 spiro atoms. The predicted molar refractivity (Wildman–Crippen MR) is 96.7 cm³/mol. The van der Waals surface area contributed by atoms with Gasteiger partial charge in [0.25, 0.3) is 5.56 Å². The van der Waals surface area contributed by atoms with E-state index in [1.54, 1.807) is 14.0 Å². The molecule has 0 aliphatic carbocycles. The van der Waals surface area contributed by atoms with Crippen molar-refractivity contribution >= 4 is 11.9 Å². The fourth-order valence-electron chi connectivity index (χ4n) is 2.47. The molecule has 1 aromatic heterocycles. The van der Waals surface area contributed by atoms with Crippen LogP contribution in [0.25, 0.3) is 0 Å². The highest BCUT2D eigenvalue weighted by Crippen LogP contribution is 2.21. The van der Waals surface area contributed by atoms with Crippen LogP contribution in [0.15, 0.2) is 34.1 Å². The summed E-state index contributed by atoms with van der Waals surface area (Å²) in [6.45, 7) is 4.33. The lowest BCUT2D eigenvalue weighted by Crippen LogP contribution is -2.26. The molecular formula is C19H21N3O3. The van der Waals surface area contributed by atoms with Crippen LogP contribution >= 0.6 is 0 Å². The fraction of sp³-hybridized carbons (Fsp3) is 0.316. The molecule has 2 rings (SSSR count). The molecule has 0 atom stereocenters. The summed E-state index contributed by atoms with van der Waals surface area (Å²) in [6.07, 6.45) is 2.04. The van der Waals surface area contributed by atoms with Crippen molar-refractivity contribution in [3.05, 3.63) is 56.9 Å². The number of nitriles is 1. The van der Waals surface area contributed by atoms with Gasteiger partial charge in [0, 0.05) is 26.5 Å². The van der Waals surface area contributed by atoms with Gasteiger partial charge in [-0.1, -0.05) is 17.7 Å². The third kappa shape index (κ3) is 4.14. The minimum atomic E-state index is -0.499. The molecule has 2 aromatic rings. The largest absolute Gasteiger partial charge is 0.494 e. The number of rotatable bonds is 6. The summed E-state index contributed by atoms with van der Waals surface area (Å²) < 4.78 is 6.18. The van der Waals surface area contributed by atoms with Crippen molar-refractivity contribution in [2.75, 3.05) is 13.7 Å². The number of ether oxygens (including phenoxy) is 1. The van der Waals surface area contributed by atoms with Crippen LogP contribution in [0.4, 0.5) is 5.69 Å². The van der Waals surface area contributed by atoms with Gasteiger partial charge in [0.1, 0.15) is 11.6 Å². The molecule has 0 amide bonds. The van der Waals surface area contributed by atoms with E-state index in [1.807, 2.05) is 37.3 Å². The third-order valence-electron chi connectivity index (χ3n) is 3.95. The van der Waals surface area contributed by atoms with Crippen LogP contribution in [0, 0.1) is 25.2 Å². The van der Waals surface area contributed by atoms with Crippen LogP contribution in [-0.2, 0) is 11.3 Å². The van der Waals surface area contributed by atoms with Gasteiger partial charge < -0.3 is 9.84 Å². The number of aliphatic imine (C=N–C) groups is 1. The van der Waals surface area contributed by atoms with Crippen molar-refractivity contribution in [2.45, 2.75) is 26.8 Å². The van der Waals surface area contributed by atoms with Gasteiger partial charge in [0.15, 0.2) is 0 Å². The monoisotopic (exact) mass is 339 g/mol. The van der Waals surface area contributed by atoms with Crippen molar-refractivity contribution in [1.29, 1.82) is 5.26 Å². The van der Waals surface area contributed by atoms with Crippen LogP contribution < -0.4 is 5.56 Å². The van der Waals surface area contributed by atoms with E-state index in [-0.39, 0.29) is 18.0 Å². The number of aromatic nitrogens is 1. The van der Waals surface area contributed by atoms with Crippen LogP contribution in [0.2, 0.25) is 0 Å². The maximum absolute atomic E-state index is 12.4. The van der Waals surface area contributed by atoms with E-state index in [0.717, 1.165) is 11.3 Å². The number of benzene rings is 1. The zero-order chi connectivity index (χ0) is 18.4. The SMILES string of the molecule is COCCCn1c(O)c(C=Nc2ccc(C)cc2)c(C)c(C#N)c1=O. The Kier molecular flexibility index (Phi) is 6.09. The van der Waals surface area contributed by atoms with E-state index < -0.39 is 5.56 Å². The maximum atomic E-state index is 12.4. The number of hydrogen-bond donors (Lipinski definition) is 1. The molecule has 1 N–H and O–H groups in total. The first-order chi connectivity index (χ1) is 12.0. The minimum absolute atomic E-state index is 0.0144. The lowest BCUT2D eigenvalue weighted by molar-refractivity contribution is 0.188. The molecule has 1 heterocycles. The van der Waals surface area contributed by atoms with E-state index >= 15 is 0 Å². The topological polar surface area (TPSA) is 87.6 Å². The quantitative estimate of drug-likeness (QED) is 0.647. The second-order valence-corrected chi connectivity index (χ2v) is 5.75. The maximum Gasteiger partial charge on any atom is 0.271 e. The molecule has 0 unspecified atom stereocenters. The smallest absolute Gasteiger partial charge is 0.271 e. The van der Waals surface area contributed by atoms with Crippen molar-refractivity contribution in [3.8, 4) is 11.9 Å². The van der Waals surface area contributed by atoms with E-state index in [4.69, 9.17) is 4.74 Å². The Labute approximate surface area is 146 Å². The molecule has 0 saturated heterocycles. The third-order valence-corrected chi connectivity index (χ3v) is 3.95. The molecule has 6 heteroatoms. The summed E-state index contributed by atoms with van der Waals surface area (Å²) in [6, 6.07) is 9.52. The molecule has 0 saturated carbocycles. The van der Waals surface area contributed by atoms with Gasteiger partial charge >= 0.3 is 0 Å². The predicted octanol–water partition coefficient (Wildman–Crippen LogP) is 2.83. The first kappa shape index (κ1) is 18.4. The highest BCUT2D eigenvalue weighted by atomic mass is 16.5. The summed E-state index contributed by atoms with van der Waals surface area (Å²) in [7, 11) is 1.57. The molecule has 0 radical (unpaired) electrons. The highest BCUT2D eigenvalue weighted by Gasteiger charge is 2.17. The molecule has 130 valence electrons. The van der Waals surface area contributed by atoms with Gasteiger partial charge in [-0.3, -0.25) is 14.4 Å². The van der Waals surface area contributed by atoms with Gasteiger partial charge in [0.2, 0.25) is 5.88 Å². The first-order valence-corrected chi connectivity index (χ1v) is 7.95. The van der Waals surface area contributed by atoms with Crippen LogP contribution in [0.3, 0.4) is 0 Å². The number of nitrogens with zero attached hydrogens (tertiary/aromatic N) is 3. The molecule has 6 nitrogen and oxygen atoms in total. The molecule has 0 fully saturated rings. The van der Waals surface area contributed by atoms with Crippen LogP contribution in [0.5, 0.6) is 5.88 Å².